The van der Waals surface area contributed by atoms with Gasteiger partial charge in [-0.3, -0.25) is 4.79 Å². The van der Waals surface area contributed by atoms with Crippen LogP contribution in [0.15, 0.2) is 64.4 Å². The third-order valence-corrected chi connectivity index (χ3v) is 5.36. The molecule has 1 saturated heterocycles. The van der Waals surface area contributed by atoms with E-state index in [1.807, 2.05) is 47.4 Å². The van der Waals surface area contributed by atoms with Gasteiger partial charge in [0.05, 0.1) is 6.04 Å². The first-order valence-electron chi connectivity index (χ1n) is 8.42. The van der Waals surface area contributed by atoms with Gasteiger partial charge in [0.15, 0.2) is 5.76 Å². The predicted octanol–water partition coefficient (Wildman–Crippen LogP) is 4.90. The average Bonchev–Trinajstić information content (AvgIpc) is 3.41. The molecule has 1 aliphatic heterocycles. The zero-order chi connectivity index (χ0) is 17.1. The normalized spacial score (nSPS) is 17.0. The van der Waals surface area contributed by atoms with Crippen molar-refractivity contribution in [2.45, 2.75) is 25.5 Å². The predicted molar refractivity (Wildman–Crippen MR) is 96.8 cm³/mol. The second-order valence-electron chi connectivity index (χ2n) is 6.04. The summed E-state index contributed by atoms with van der Waals surface area (Å²) in [5, 5.41) is 2.06. The number of thiophene rings is 1. The number of rotatable bonds is 5. The van der Waals surface area contributed by atoms with E-state index in [-0.39, 0.29) is 11.9 Å². The van der Waals surface area contributed by atoms with Crippen LogP contribution in [0, 0.1) is 0 Å². The fraction of sp³-hybridized carbons (Fsp3) is 0.250. The summed E-state index contributed by atoms with van der Waals surface area (Å²) in [7, 11) is 0. The van der Waals surface area contributed by atoms with Crippen LogP contribution in [-0.2, 0) is 6.61 Å². The molecule has 0 aliphatic carbocycles. The molecule has 0 saturated carbocycles. The van der Waals surface area contributed by atoms with Gasteiger partial charge in [-0.2, -0.15) is 0 Å². The van der Waals surface area contributed by atoms with Gasteiger partial charge in [0.1, 0.15) is 18.1 Å². The minimum atomic E-state index is -0.0399. The molecule has 5 heteroatoms. The molecule has 0 bridgehead atoms. The summed E-state index contributed by atoms with van der Waals surface area (Å²) in [6, 6.07) is 17.4. The lowest BCUT2D eigenvalue weighted by atomic mass is 10.2. The van der Waals surface area contributed by atoms with Crippen LogP contribution < -0.4 is 4.74 Å². The van der Waals surface area contributed by atoms with Gasteiger partial charge in [-0.15, -0.1) is 11.3 Å². The maximum atomic E-state index is 12.8. The summed E-state index contributed by atoms with van der Waals surface area (Å²) in [6.07, 6.45) is 2.04. The van der Waals surface area contributed by atoms with Crippen molar-refractivity contribution < 1.29 is 13.9 Å². The zero-order valence-electron chi connectivity index (χ0n) is 13.8. The number of furan rings is 1. The molecule has 0 spiro atoms. The van der Waals surface area contributed by atoms with E-state index in [2.05, 4.69) is 11.4 Å². The molecule has 0 unspecified atom stereocenters. The number of ether oxygens (including phenoxy) is 1. The highest BCUT2D eigenvalue weighted by Gasteiger charge is 2.32. The number of nitrogens with zero attached hydrogens (tertiary/aromatic N) is 1. The summed E-state index contributed by atoms with van der Waals surface area (Å²) in [5.74, 6) is 1.78. The van der Waals surface area contributed by atoms with Crippen LogP contribution in [0.1, 0.15) is 40.1 Å². The highest BCUT2D eigenvalue weighted by molar-refractivity contribution is 7.10. The second-order valence-corrected chi connectivity index (χ2v) is 7.02. The van der Waals surface area contributed by atoms with E-state index < -0.39 is 0 Å². The third kappa shape index (κ3) is 3.46. The Hall–Kier alpha value is -2.53. The summed E-state index contributed by atoms with van der Waals surface area (Å²) in [5.41, 5.74) is 0. The van der Waals surface area contributed by atoms with E-state index in [0.29, 0.717) is 18.1 Å². The lowest BCUT2D eigenvalue weighted by molar-refractivity contribution is 0.0701. The fourth-order valence-electron chi connectivity index (χ4n) is 3.17. The van der Waals surface area contributed by atoms with E-state index >= 15 is 0 Å². The van der Waals surface area contributed by atoms with E-state index in [1.165, 1.54) is 4.88 Å². The quantitative estimate of drug-likeness (QED) is 0.655. The van der Waals surface area contributed by atoms with Crippen LogP contribution in [-0.4, -0.2) is 17.4 Å². The highest BCUT2D eigenvalue weighted by atomic mass is 32.1. The molecule has 3 aromatic rings. The zero-order valence-corrected chi connectivity index (χ0v) is 14.6. The number of carbonyl (C=O) groups excluding carboxylic acids is 1. The molecule has 4 nitrogen and oxygen atoms in total. The average molecular weight is 353 g/mol. The van der Waals surface area contributed by atoms with Crippen molar-refractivity contribution in [3.8, 4) is 5.75 Å². The molecule has 1 fully saturated rings. The van der Waals surface area contributed by atoms with Gasteiger partial charge in [0, 0.05) is 11.4 Å². The second kappa shape index (κ2) is 7.15. The van der Waals surface area contributed by atoms with Gasteiger partial charge in [-0.05, 0) is 48.6 Å². The Morgan fingerprint density at radius 2 is 2.04 bits per heavy atom. The van der Waals surface area contributed by atoms with Crippen molar-refractivity contribution in [3.63, 3.8) is 0 Å². The van der Waals surface area contributed by atoms with Crippen LogP contribution >= 0.6 is 11.3 Å². The molecule has 0 N–H and O–H groups in total. The van der Waals surface area contributed by atoms with Crippen molar-refractivity contribution >= 4 is 17.2 Å². The number of likely N-dealkylation sites (tertiary alicyclic amines) is 1. The first-order chi connectivity index (χ1) is 12.3. The molecular formula is C20H19NO3S. The van der Waals surface area contributed by atoms with Crippen molar-refractivity contribution in [2.24, 2.45) is 0 Å². The lowest BCUT2D eigenvalue weighted by Gasteiger charge is -2.22. The molecule has 1 amide bonds. The minimum Gasteiger partial charge on any atom is -0.486 e. The standard InChI is InChI=1S/C20H19NO3S/c22-20(21-12-4-8-17(21)19-9-5-13-25-19)18-11-10-16(24-18)14-23-15-6-2-1-3-7-15/h1-3,5-7,9-11,13,17H,4,8,12,14H2/t17-/m0/s1. The Morgan fingerprint density at radius 3 is 2.84 bits per heavy atom. The first kappa shape index (κ1) is 16.0. The third-order valence-electron chi connectivity index (χ3n) is 4.38. The van der Waals surface area contributed by atoms with Gasteiger partial charge in [0.2, 0.25) is 0 Å². The molecule has 2 aromatic heterocycles. The van der Waals surface area contributed by atoms with E-state index in [9.17, 15) is 4.79 Å². The molecular weight excluding hydrogens is 334 g/mol. The van der Waals surface area contributed by atoms with E-state index in [1.54, 1.807) is 17.4 Å². The summed E-state index contributed by atoms with van der Waals surface area (Å²) in [6.45, 7) is 1.09. The maximum Gasteiger partial charge on any atom is 0.290 e. The summed E-state index contributed by atoms with van der Waals surface area (Å²) >= 11 is 1.70. The summed E-state index contributed by atoms with van der Waals surface area (Å²) < 4.78 is 11.4. The Morgan fingerprint density at radius 1 is 1.16 bits per heavy atom. The fourth-order valence-corrected chi connectivity index (χ4v) is 4.04. The molecule has 4 rings (SSSR count). The lowest BCUT2D eigenvalue weighted by Crippen LogP contribution is -2.29. The number of hydrogen-bond donors (Lipinski definition) is 0. The van der Waals surface area contributed by atoms with E-state index in [4.69, 9.17) is 9.15 Å². The number of amides is 1. The monoisotopic (exact) mass is 353 g/mol. The van der Waals surface area contributed by atoms with Gasteiger partial charge < -0.3 is 14.1 Å². The number of benzene rings is 1. The summed E-state index contributed by atoms with van der Waals surface area (Å²) in [4.78, 5) is 16.0. The van der Waals surface area contributed by atoms with Crippen LogP contribution in [0.4, 0.5) is 0 Å². The van der Waals surface area contributed by atoms with Crippen LogP contribution in [0.25, 0.3) is 0 Å². The highest BCUT2D eigenvalue weighted by Crippen LogP contribution is 2.35. The van der Waals surface area contributed by atoms with Gasteiger partial charge in [0.25, 0.3) is 5.91 Å². The molecule has 128 valence electrons. The van der Waals surface area contributed by atoms with Crippen molar-refractivity contribution in [3.05, 3.63) is 76.4 Å². The van der Waals surface area contributed by atoms with Crippen LogP contribution in [0.2, 0.25) is 0 Å². The molecule has 1 aliphatic rings. The molecule has 0 radical (unpaired) electrons. The minimum absolute atomic E-state index is 0.0399. The number of hydrogen-bond acceptors (Lipinski definition) is 4. The van der Waals surface area contributed by atoms with Crippen molar-refractivity contribution in [1.29, 1.82) is 0 Å². The smallest absolute Gasteiger partial charge is 0.290 e. The Labute approximate surface area is 150 Å². The topological polar surface area (TPSA) is 42.7 Å². The van der Waals surface area contributed by atoms with Gasteiger partial charge >= 0.3 is 0 Å². The van der Waals surface area contributed by atoms with Crippen LogP contribution in [0.3, 0.4) is 0 Å². The van der Waals surface area contributed by atoms with Gasteiger partial charge in [-0.25, -0.2) is 0 Å². The Kier molecular flexibility index (Phi) is 4.57. The van der Waals surface area contributed by atoms with Gasteiger partial charge in [-0.1, -0.05) is 24.3 Å². The molecule has 1 aromatic carbocycles. The largest absolute Gasteiger partial charge is 0.486 e. The van der Waals surface area contributed by atoms with Crippen molar-refractivity contribution in [2.75, 3.05) is 6.54 Å². The number of para-hydroxylation sites is 1. The molecule has 1 atom stereocenters. The van der Waals surface area contributed by atoms with Crippen molar-refractivity contribution in [1.82, 2.24) is 4.90 Å². The Balaban J connectivity index is 1.43. The Bertz CT molecular complexity index is 826. The molecule has 25 heavy (non-hydrogen) atoms. The SMILES string of the molecule is O=C(c1ccc(COc2ccccc2)o1)N1CCC[C@H]1c1cccs1. The first-order valence-corrected chi connectivity index (χ1v) is 9.30. The van der Waals surface area contributed by atoms with Crippen LogP contribution in [0.5, 0.6) is 5.75 Å². The van der Waals surface area contributed by atoms with E-state index in [0.717, 1.165) is 25.1 Å². The number of carbonyl (C=O) groups is 1. The maximum absolute atomic E-state index is 12.8. The molecule has 3 heterocycles.